The highest BCUT2D eigenvalue weighted by atomic mass is 15.0. The third-order valence-electron chi connectivity index (χ3n) is 3.71. The number of nitrogens with zero attached hydrogens (tertiary/aromatic N) is 1. The molecule has 0 fully saturated rings. The van der Waals surface area contributed by atoms with E-state index in [0.29, 0.717) is 6.54 Å². The summed E-state index contributed by atoms with van der Waals surface area (Å²) >= 11 is 0. The zero-order chi connectivity index (χ0) is 13.9. The molecule has 2 heteroatoms. The number of aromatic nitrogens is 1. The van der Waals surface area contributed by atoms with Crippen LogP contribution in [-0.2, 0) is 13.1 Å². The Morgan fingerprint density at radius 2 is 1.90 bits per heavy atom. The van der Waals surface area contributed by atoms with Crippen LogP contribution in [0.15, 0.2) is 42.5 Å². The van der Waals surface area contributed by atoms with Gasteiger partial charge in [-0.25, -0.2) is 0 Å². The molecule has 0 saturated carbocycles. The molecule has 0 amide bonds. The number of hydrogen-bond donors (Lipinski definition) is 1. The lowest BCUT2D eigenvalue weighted by atomic mass is 10.1. The van der Waals surface area contributed by atoms with E-state index < -0.39 is 0 Å². The molecule has 0 spiro atoms. The molecule has 1 N–H and O–H groups in total. The molecule has 0 radical (unpaired) electrons. The SMILES string of the molecule is C#CCNCc1ccc2c(c1)c1ccccc1n2CC. The minimum absolute atomic E-state index is 0.606. The first-order chi connectivity index (χ1) is 9.85. The quantitative estimate of drug-likeness (QED) is 0.562. The monoisotopic (exact) mass is 262 g/mol. The van der Waals surface area contributed by atoms with Crippen molar-refractivity contribution in [3.8, 4) is 12.3 Å². The number of aryl methyl sites for hydroxylation is 1. The number of nitrogens with one attached hydrogen (secondary N) is 1. The van der Waals surface area contributed by atoms with Gasteiger partial charge in [0, 0.05) is 34.9 Å². The van der Waals surface area contributed by atoms with E-state index in [1.165, 1.54) is 27.4 Å². The molecule has 3 rings (SSSR count). The van der Waals surface area contributed by atoms with Gasteiger partial charge >= 0.3 is 0 Å². The summed E-state index contributed by atoms with van der Waals surface area (Å²) in [6, 6.07) is 15.3. The van der Waals surface area contributed by atoms with E-state index >= 15 is 0 Å². The lowest BCUT2D eigenvalue weighted by molar-refractivity contribution is 0.771. The summed E-state index contributed by atoms with van der Waals surface area (Å²) in [5.41, 5.74) is 3.87. The summed E-state index contributed by atoms with van der Waals surface area (Å²) in [6.07, 6.45) is 5.26. The van der Waals surface area contributed by atoms with Crippen LogP contribution in [-0.4, -0.2) is 11.1 Å². The van der Waals surface area contributed by atoms with E-state index in [-0.39, 0.29) is 0 Å². The van der Waals surface area contributed by atoms with Crippen LogP contribution in [0, 0.1) is 12.3 Å². The highest BCUT2D eigenvalue weighted by Gasteiger charge is 2.09. The van der Waals surface area contributed by atoms with E-state index in [1.807, 2.05) is 0 Å². The molecule has 2 aromatic carbocycles. The molecular formula is C18H18N2. The van der Waals surface area contributed by atoms with Gasteiger partial charge in [-0.05, 0) is 30.7 Å². The van der Waals surface area contributed by atoms with Crippen molar-refractivity contribution >= 4 is 21.8 Å². The Morgan fingerprint density at radius 3 is 2.70 bits per heavy atom. The average molecular weight is 262 g/mol. The van der Waals surface area contributed by atoms with Gasteiger partial charge in [0.05, 0.1) is 6.54 Å². The number of hydrogen-bond acceptors (Lipinski definition) is 1. The van der Waals surface area contributed by atoms with Crippen molar-refractivity contribution in [1.29, 1.82) is 0 Å². The fraction of sp³-hybridized carbons (Fsp3) is 0.222. The fourth-order valence-electron chi connectivity index (χ4n) is 2.83. The molecule has 0 aliphatic heterocycles. The van der Waals surface area contributed by atoms with Gasteiger partial charge in [0.25, 0.3) is 0 Å². The highest BCUT2D eigenvalue weighted by molar-refractivity contribution is 6.08. The second-order valence-electron chi connectivity index (χ2n) is 4.92. The minimum atomic E-state index is 0.606. The van der Waals surface area contributed by atoms with Crippen molar-refractivity contribution in [3.63, 3.8) is 0 Å². The molecular weight excluding hydrogens is 244 g/mol. The smallest absolute Gasteiger partial charge is 0.0576 e. The molecule has 1 heterocycles. The summed E-state index contributed by atoms with van der Waals surface area (Å²) < 4.78 is 2.36. The van der Waals surface area contributed by atoms with Gasteiger partial charge in [0.2, 0.25) is 0 Å². The first-order valence-electron chi connectivity index (χ1n) is 6.99. The van der Waals surface area contributed by atoms with Crippen LogP contribution in [0.4, 0.5) is 0 Å². The molecule has 0 aliphatic rings. The van der Waals surface area contributed by atoms with E-state index in [9.17, 15) is 0 Å². The minimum Gasteiger partial charge on any atom is -0.341 e. The largest absolute Gasteiger partial charge is 0.341 e. The van der Waals surface area contributed by atoms with E-state index in [1.54, 1.807) is 0 Å². The zero-order valence-electron chi connectivity index (χ0n) is 11.7. The van der Waals surface area contributed by atoms with E-state index in [2.05, 4.69) is 65.2 Å². The second-order valence-corrected chi connectivity index (χ2v) is 4.92. The Kier molecular flexibility index (Phi) is 3.45. The molecule has 2 nitrogen and oxygen atoms in total. The van der Waals surface area contributed by atoms with Gasteiger partial charge in [0.15, 0.2) is 0 Å². The highest BCUT2D eigenvalue weighted by Crippen LogP contribution is 2.29. The van der Waals surface area contributed by atoms with Gasteiger partial charge in [0.1, 0.15) is 0 Å². The van der Waals surface area contributed by atoms with Crippen LogP contribution in [0.2, 0.25) is 0 Å². The number of benzene rings is 2. The molecule has 0 bridgehead atoms. The van der Waals surface area contributed by atoms with E-state index in [4.69, 9.17) is 6.42 Å². The average Bonchev–Trinajstić information content (AvgIpc) is 2.81. The van der Waals surface area contributed by atoms with Gasteiger partial charge < -0.3 is 9.88 Å². The summed E-state index contributed by atoms with van der Waals surface area (Å²) in [4.78, 5) is 0. The summed E-state index contributed by atoms with van der Waals surface area (Å²) in [6.45, 7) is 4.59. The maximum atomic E-state index is 5.26. The molecule has 0 unspecified atom stereocenters. The predicted molar refractivity (Wildman–Crippen MR) is 85.7 cm³/mol. The number of rotatable bonds is 4. The van der Waals surface area contributed by atoms with Crippen molar-refractivity contribution in [1.82, 2.24) is 9.88 Å². The van der Waals surface area contributed by atoms with Gasteiger partial charge in [-0.15, -0.1) is 6.42 Å². The first-order valence-corrected chi connectivity index (χ1v) is 6.99. The second kappa shape index (κ2) is 5.40. The van der Waals surface area contributed by atoms with Crippen LogP contribution >= 0.6 is 0 Å². The van der Waals surface area contributed by atoms with E-state index in [0.717, 1.165) is 13.1 Å². The Hall–Kier alpha value is -2.24. The molecule has 3 aromatic rings. The fourth-order valence-corrected chi connectivity index (χ4v) is 2.83. The van der Waals surface area contributed by atoms with Crippen molar-refractivity contribution in [2.45, 2.75) is 20.0 Å². The molecule has 20 heavy (non-hydrogen) atoms. The van der Waals surface area contributed by atoms with Crippen molar-refractivity contribution in [2.75, 3.05) is 6.54 Å². The van der Waals surface area contributed by atoms with Gasteiger partial charge in [-0.2, -0.15) is 0 Å². The van der Waals surface area contributed by atoms with Crippen LogP contribution in [0.1, 0.15) is 12.5 Å². The Balaban J connectivity index is 2.14. The molecule has 0 aliphatic carbocycles. The Morgan fingerprint density at radius 1 is 1.10 bits per heavy atom. The summed E-state index contributed by atoms with van der Waals surface area (Å²) in [5.74, 6) is 2.60. The zero-order valence-corrected chi connectivity index (χ0v) is 11.7. The standard InChI is InChI=1S/C18H18N2/c1-3-11-19-13-14-9-10-18-16(12-14)15-7-5-6-8-17(15)20(18)4-2/h1,5-10,12,19H,4,11,13H2,2H3. The Bertz CT molecular complexity index is 790. The molecule has 0 atom stereocenters. The molecule has 0 saturated heterocycles. The van der Waals surface area contributed by atoms with Crippen LogP contribution < -0.4 is 5.32 Å². The number of fused-ring (bicyclic) bond motifs is 3. The maximum Gasteiger partial charge on any atom is 0.0576 e. The lowest BCUT2D eigenvalue weighted by Crippen LogP contribution is -2.12. The van der Waals surface area contributed by atoms with Gasteiger partial charge in [-0.3, -0.25) is 0 Å². The third kappa shape index (κ3) is 2.07. The van der Waals surface area contributed by atoms with Gasteiger partial charge in [-0.1, -0.05) is 30.2 Å². The first kappa shape index (κ1) is 12.8. The summed E-state index contributed by atoms with van der Waals surface area (Å²) in [5, 5.41) is 5.89. The van der Waals surface area contributed by atoms with Crippen molar-refractivity contribution < 1.29 is 0 Å². The topological polar surface area (TPSA) is 17.0 Å². The lowest BCUT2D eigenvalue weighted by Gasteiger charge is -2.04. The third-order valence-corrected chi connectivity index (χ3v) is 3.71. The Labute approximate surface area is 119 Å². The normalized spacial score (nSPS) is 11.0. The molecule has 1 aromatic heterocycles. The number of para-hydroxylation sites is 1. The van der Waals surface area contributed by atoms with Crippen LogP contribution in [0.5, 0.6) is 0 Å². The van der Waals surface area contributed by atoms with Crippen LogP contribution in [0.25, 0.3) is 21.8 Å². The number of terminal acetylenes is 1. The van der Waals surface area contributed by atoms with Crippen molar-refractivity contribution in [3.05, 3.63) is 48.0 Å². The van der Waals surface area contributed by atoms with Crippen molar-refractivity contribution in [2.24, 2.45) is 0 Å². The maximum absolute atomic E-state index is 5.26. The van der Waals surface area contributed by atoms with Crippen LogP contribution in [0.3, 0.4) is 0 Å². The summed E-state index contributed by atoms with van der Waals surface area (Å²) in [7, 11) is 0. The molecule has 100 valence electrons. The predicted octanol–water partition coefficient (Wildman–Crippen LogP) is 3.54.